The zero-order valence-electron chi connectivity index (χ0n) is 19.8. The van der Waals surface area contributed by atoms with Crippen LogP contribution in [0.3, 0.4) is 0 Å². The summed E-state index contributed by atoms with van der Waals surface area (Å²) in [6.45, 7) is 0. The molecule has 1 atom stereocenters. The SMILES string of the molecule is C[S+](c1ccccc1)c1cccc(/C=C/c2ccc(N(c3ccccc3)c3ccccc3)cc2)c1. The molecule has 0 spiro atoms. The lowest BCUT2D eigenvalue weighted by molar-refractivity contribution is 1.28. The summed E-state index contributed by atoms with van der Waals surface area (Å²) in [5.74, 6) is 0. The van der Waals surface area contributed by atoms with Crippen molar-refractivity contribution in [2.24, 2.45) is 0 Å². The standard InChI is InChI=1S/C33H28NS/c1-35(32-17-9-4-10-18-32)33-19-11-12-28(26-33)21-20-27-22-24-31(25-23-27)34(29-13-5-2-6-14-29)30-15-7-3-8-16-30/h2-26H,1H3/q+1/b21-20+. The van der Waals surface area contributed by atoms with Crippen molar-refractivity contribution in [3.63, 3.8) is 0 Å². The van der Waals surface area contributed by atoms with Crippen LogP contribution in [0.4, 0.5) is 17.1 Å². The van der Waals surface area contributed by atoms with Gasteiger partial charge in [-0.05, 0) is 65.7 Å². The van der Waals surface area contributed by atoms with Crippen LogP contribution in [-0.4, -0.2) is 6.26 Å². The molecule has 2 heteroatoms. The van der Waals surface area contributed by atoms with Gasteiger partial charge >= 0.3 is 0 Å². The Bertz CT molecular complexity index is 1340. The van der Waals surface area contributed by atoms with Crippen molar-refractivity contribution >= 4 is 40.1 Å². The molecule has 0 heterocycles. The minimum Gasteiger partial charge on any atom is -0.311 e. The fourth-order valence-electron chi connectivity index (χ4n) is 4.10. The Hall–Kier alpha value is -4.01. The maximum atomic E-state index is 2.30. The van der Waals surface area contributed by atoms with Gasteiger partial charge in [-0.3, -0.25) is 0 Å². The quantitative estimate of drug-likeness (QED) is 0.169. The summed E-state index contributed by atoms with van der Waals surface area (Å²) in [6, 6.07) is 49.3. The number of nitrogens with zero attached hydrogens (tertiary/aromatic N) is 1. The molecule has 1 nitrogen and oxygen atoms in total. The van der Waals surface area contributed by atoms with Gasteiger partial charge in [0.2, 0.25) is 0 Å². The van der Waals surface area contributed by atoms with Crippen molar-refractivity contribution in [2.75, 3.05) is 11.2 Å². The first kappa shape index (κ1) is 22.8. The first-order valence-corrected chi connectivity index (χ1v) is 13.4. The zero-order valence-corrected chi connectivity index (χ0v) is 20.6. The molecular weight excluding hydrogens is 442 g/mol. The van der Waals surface area contributed by atoms with Crippen molar-refractivity contribution in [3.8, 4) is 0 Å². The van der Waals surface area contributed by atoms with Gasteiger partial charge in [0, 0.05) is 23.1 Å². The molecular formula is C33H28NS+. The van der Waals surface area contributed by atoms with E-state index in [1.54, 1.807) is 0 Å². The molecule has 0 aliphatic rings. The van der Waals surface area contributed by atoms with Gasteiger partial charge in [-0.25, -0.2) is 0 Å². The van der Waals surface area contributed by atoms with Gasteiger partial charge in [0.1, 0.15) is 6.26 Å². The Balaban J connectivity index is 1.37. The molecule has 0 saturated heterocycles. The van der Waals surface area contributed by atoms with Crippen molar-refractivity contribution in [2.45, 2.75) is 9.79 Å². The summed E-state index contributed by atoms with van der Waals surface area (Å²) < 4.78 is 0. The van der Waals surface area contributed by atoms with Crippen LogP contribution in [0, 0.1) is 0 Å². The number of hydrogen-bond acceptors (Lipinski definition) is 1. The van der Waals surface area contributed by atoms with Crippen molar-refractivity contribution < 1.29 is 0 Å². The van der Waals surface area contributed by atoms with Crippen LogP contribution >= 0.6 is 0 Å². The largest absolute Gasteiger partial charge is 0.311 e. The predicted octanol–water partition coefficient (Wildman–Crippen LogP) is 8.99. The molecule has 0 bridgehead atoms. The van der Waals surface area contributed by atoms with Crippen LogP contribution < -0.4 is 4.90 Å². The van der Waals surface area contributed by atoms with Gasteiger partial charge in [0.05, 0.1) is 10.9 Å². The minimum absolute atomic E-state index is 0.0605. The summed E-state index contributed by atoms with van der Waals surface area (Å²) in [5, 5.41) is 0. The molecule has 5 aromatic rings. The van der Waals surface area contributed by atoms with E-state index in [1.165, 1.54) is 20.9 Å². The van der Waals surface area contributed by atoms with Crippen molar-refractivity contribution in [1.29, 1.82) is 0 Å². The Labute approximate surface area is 211 Å². The van der Waals surface area contributed by atoms with Crippen LogP contribution in [0.25, 0.3) is 12.2 Å². The van der Waals surface area contributed by atoms with Gasteiger partial charge in [-0.15, -0.1) is 0 Å². The molecule has 0 aliphatic heterocycles. The van der Waals surface area contributed by atoms with E-state index in [1.807, 2.05) is 0 Å². The average Bonchev–Trinajstić information content (AvgIpc) is 2.94. The fraction of sp³-hybridized carbons (Fsp3) is 0.0303. The van der Waals surface area contributed by atoms with Crippen LogP contribution in [-0.2, 0) is 10.9 Å². The summed E-state index contributed by atoms with van der Waals surface area (Å²) in [5.41, 5.74) is 5.83. The monoisotopic (exact) mass is 470 g/mol. The lowest BCUT2D eigenvalue weighted by Gasteiger charge is -2.25. The van der Waals surface area contributed by atoms with E-state index in [0.29, 0.717) is 0 Å². The maximum absolute atomic E-state index is 2.30. The number of anilines is 3. The molecule has 0 aliphatic carbocycles. The Morgan fingerprint density at radius 2 is 0.943 bits per heavy atom. The van der Waals surface area contributed by atoms with Crippen LogP contribution in [0.15, 0.2) is 149 Å². The second-order valence-corrected chi connectivity index (χ2v) is 10.3. The van der Waals surface area contributed by atoms with E-state index in [4.69, 9.17) is 0 Å². The lowest BCUT2D eigenvalue weighted by Crippen LogP contribution is -2.09. The molecule has 0 aromatic heterocycles. The topological polar surface area (TPSA) is 3.24 Å². The van der Waals surface area contributed by atoms with E-state index in [9.17, 15) is 0 Å². The van der Waals surface area contributed by atoms with Crippen molar-refractivity contribution in [3.05, 3.63) is 151 Å². The third kappa shape index (κ3) is 5.56. The summed E-state index contributed by atoms with van der Waals surface area (Å²) in [7, 11) is 0.0605. The third-order valence-corrected chi connectivity index (χ3v) is 7.90. The highest BCUT2D eigenvalue weighted by Gasteiger charge is 2.18. The molecule has 170 valence electrons. The highest BCUT2D eigenvalue weighted by Crippen LogP contribution is 2.34. The van der Waals surface area contributed by atoms with Crippen LogP contribution in [0.5, 0.6) is 0 Å². The highest BCUT2D eigenvalue weighted by atomic mass is 32.2. The number of benzene rings is 5. The van der Waals surface area contributed by atoms with Gasteiger partial charge in [-0.2, -0.15) is 0 Å². The number of rotatable bonds is 7. The number of para-hydroxylation sites is 2. The summed E-state index contributed by atoms with van der Waals surface area (Å²) in [6.07, 6.45) is 6.68. The average molecular weight is 471 g/mol. The second-order valence-electron chi connectivity index (χ2n) is 8.33. The molecule has 5 rings (SSSR count). The van der Waals surface area contributed by atoms with E-state index in [0.717, 1.165) is 17.1 Å². The molecule has 0 amide bonds. The fourth-order valence-corrected chi connectivity index (χ4v) is 5.53. The zero-order chi connectivity index (χ0) is 23.9. The second kappa shape index (κ2) is 10.9. The Morgan fingerprint density at radius 1 is 0.457 bits per heavy atom. The minimum atomic E-state index is 0.0605. The van der Waals surface area contributed by atoms with E-state index in [2.05, 4.69) is 163 Å². The first-order chi connectivity index (χ1) is 17.3. The molecule has 5 aromatic carbocycles. The molecule has 0 radical (unpaired) electrons. The molecule has 0 fully saturated rings. The summed E-state index contributed by atoms with van der Waals surface area (Å²) in [4.78, 5) is 5.00. The van der Waals surface area contributed by atoms with Gasteiger partial charge in [0.25, 0.3) is 0 Å². The predicted molar refractivity (Wildman–Crippen MR) is 153 cm³/mol. The third-order valence-electron chi connectivity index (χ3n) is 5.96. The van der Waals surface area contributed by atoms with Gasteiger partial charge in [-0.1, -0.05) is 91.0 Å². The Kier molecular flexibility index (Phi) is 7.12. The molecule has 0 saturated carbocycles. The van der Waals surface area contributed by atoms with Crippen molar-refractivity contribution in [1.82, 2.24) is 0 Å². The van der Waals surface area contributed by atoms with E-state index in [-0.39, 0.29) is 10.9 Å². The highest BCUT2D eigenvalue weighted by molar-refractivity contribution is 7.96. The Morgan fingerprint density at radius 3 is 1.54 bits per heavy atom. The maximum Gasteiger partial charge on any atom is 0.161 e. The van der Waals surface area contributed by atoms with Crippen LogP contribution in [0.2, 0.25) is 0 Å². The van der Waals surface area contributed by atoms with E-state index >= 15 is 0 Å². The first-order valence-electron chi connectivity index (χ1n) is 11.8. The molecule has 35 heavy (non-hydrogen) atoms. The molecule has 0 N–H and O–H groups in total. The van der Waals surface area contributed by atoms with Gasteiger partial charge < -0.3 is 4.90 Å². The van der Waals surface area contributed by atoms with Crippen LogP contribution in [0.1, 0.15) is 11.1 Å². The van der Waals surface area contributed by atoms with Gasteiger partial charge in [0.15, 0.2) is 9.79 Å². The van der Waals surface area contributed by atoms with E-state index < -0.39 is 0 Å². The normalized spacial score (nSPS) is 11.9. The number of hydrogen-bond donors (Lipinski definition) is 0. The smallest absolute Gasteiger partial charge is 0.161 e. The lowest BCUT2D eigenvalue weighted by atomic mass is 10.1. The summed E-state index contributed by atoms with van der Waals surface area (Å²) >= 11 is 0. The molecule has 1 unspecified atom stereocenters.